The Kier molecular flexibility index (Phi) is 3.97. The highest BCUT2D eigenvalue weighted by atomic mass is 16.1. The van der Waals surface area contributed by atoms with Gasteiger partial charge >= 0.3 is 0 Å². The van der Waals surface area contributed by atoms with Crippen molar-refractivity contribution in [2.45, 2.75) is 32.6 Å². The summed E-state index contributed by atoms with van der Waals surface area (Å²) in [5.74, 6) is 0.420. The van der Waals surface area contributed by atoms with E-state index in [-0.39, 0.29) is 0 Å². The average molecular weight is 196 g/mol. The van der Waals surface area contributed by atoms with Gasteiger partial charge in [-0.2, -0.15) is 5.10 Å². The summed E-state index contributed by atoms with van der Waals surface area (Å²) in [6, 6.07) is 0. The third-order valence-electron chi connectivity index (χ3n) is 2.09. The van der Waals surface area contributed by atoms with Gasteiger partial charge in [0.05, 0.1) is 5.69 Å². The quantitative estimate of drug-likeness (QED) is 0.473. The molecule has 78 valence electrons. The van der Waals surface area contributed by atoms with Gasteiger partial charge in [-0.05, 0) is 12.8 Å². The van der Waals surface area contributed by atoms with Crippen LogP contribution < -0.4 is 11.1 Å². The molecule has 0 radical (unpaired) electrons. The molecule has 0 bridgehead atoms. The second-order valence-electron chi connectivity index (χ2n) is 3.18. The van der Waals surface area contributed by atoms with E-state index in [2.05, 4.69) is 22.4 Å². The second-order valence-corrected chi connectivity index (χ2v) is 3.18. The summed E-state index contributed by atoms with van der Waals surface area (Å²) in [5.41, 5.74) is 7.05. The summed E-state index contributed by atoms with van der Waals surface area (Å²) in [4.78, 5) is 10.3. The molecule has 0 aliphatic rings. The van der Waals surface area contributed by atoms with Gasteiger partial charge in [-0.3, -0.25) is 9.89 Å². The molecular formula is C9H16N4O. The fourth-order valence-corrected chi connectivity index (χ4v) is 1.34. The van der Waals surface area contributed by atoms with E-state index in [1.807, 2.05) is 0 Å². The third kappa shape index (κ3) is 2.48. The van der Waals surface area contributed by atoms with Crippen molar-refractivity contribution < 1.29 is 4.79 Å². The fraction of sp³-hybridized carbons (Fsp3) is 0.556. The van der Waals surface area contributed by atoms with E-state index >= 15 is 0 Å². The lowest BCUT2D eigenvalue weighted by Gasteiger charge is -2.00. The molecule has 0 aliphatic heterocycles. The lowest BCUT2D eigenvalue weighted by Crippen LogP contribution is -2.00. The number of nitrogens with one attached hydrogen (secondary N) is 2. The molecule has 0 fully saturated rings. The predicted octanol–water partition coefficient (Wildman–Crippen LogP) is 1.29. The molecule has 0 spiro atoms. The van der Waals surface area contributed by atoms with E-state index in [9.17, 15) is 4.79 Å². The molecule has 14 heavy (non-hydrogen) atoms. The van der Waals surface area contributed by atoms with Crippen molar-refractivity contribution in [2.75, 3.05) is 11.1 Å². The lowest BCUT2D eigenvalue weighted by molar-refractivity contribution is -0.105. The second kappa shape index (κ2) is 5.26. The minimum Gasteiger partial charge on any atom is -0.382 e. The van der Waals surface area contributed by atoms with Gasteiger partial charge in [0, 0.05) is 0 Å². The topological polar surface area (TPSA) is 83.8 Å². The highest BCUT2D eigenvalue weighted by Gasteiger charge is 2.09. The van der Waals surface area contributed by atoms with E-state index in [1.165, 1.54) is 0 Å². The number of aromatic nitrogens is 2. The molecule has 0 unspecified atom stereocenters. The Balaban J connectivity index is 2.60. The summed E-state index contributed by atoms with van der Waals surface area (Å²) in [5, 5.41) is 9.24. The number of carbonyl (C=O) groups is 1. The Bertz CT molecular complexity index is 295. The zero-order valence-corrected chi connectivity index (χ0v) is 8.34. The minimum absolute atomic E-state index is 0.420. The number of nitrogen functional groups attached to an aromatic ring is 1. The van der Waals surface area contributed by atoms with Crippen LogP contribution in [0.5, 0.6) is 0 Å². The molecule has 0 aromatic carbocycles. The molecule has 0 aliphatic carbocycles. The maximum Gasteiger partial charge on any atom is 0.211 e. The summed E-state index contributed by atoms with van der Waals surface area (Å²) in [6.07, 6.45) is 4.85. The van der Waals surface area contributed by atoms with Crippen molar-refractivity contribution in [2.24, 2.45) is 0 Å². The number of hydrogen-bond donors (Lipinski definition) is 3. The van der Waals surface area contributed by atoms with Gasteiger partial charge in [0.25, 0.3) is 0 Å². The Hall–Kier alpha value is -1.52. The highest BCUT2D eigenvalue weighted by Crippen LogP contribution is 2.21. The van der Waals surface area contributed by atoms with E-state index in [4.69, 9.17) is 5.73 Å². The van der Waals surface area contributed by atoms with E-state index in [0.717, 1.165) is 31.4 Å². The molecule has 1 rings (SSSR count). The SMILES string of the molecule is CCCCCc1n[nH]c(N)c1NC=O. The molecule has 0 saturated heterocycles. The van der Waals surface area contributed by atoms with Crippen LogP contribution in [-0.2, 0) is 11.2 Å². The number of nitrogens with zero attached hydrogens (tertiary/aromatic N) is 1. The number of aromatic amines is 1. The molecule has 4 N–H and O–H groups in total. The van der Waals surface area contributed by atoms with Gasteiger partial charge in [-0.15, -0.1) is 0 Å². The first-order valence-corrected chi connectivity index (χ1v) is 4.82. The maximum absolute atomic E-state index is 10.3. The van der Waals surface area contributed by atoms with E-state index in [0.29, 0.717) is 17.9 Å². The summed E-state index contributed by atoms with van der Waals surface area (Å²) < 4.78 is 0. The van der Waals surface area contributed by atoms with Gasteiger partial charge < -0.3 is 11.1 Å². The van der Waals surface area contributed by atoms with Gasteiger partial charge in [0.2, 0.25) is 6.41 Å². The summed E-state index contributed by atoms with van der Waals surface area (Å²) >= 11 is 0. The number of carbonyl (C=O) groups excluding carboxylic acids is 1. The first-order chi connectivity index (χ1) is 6.79. The van der Waals surface area contributed by atoms with Crippen LogP contribution in [0.25, 0.3) is 0 Å². The van der Waals surface area contributed by atoms with Crippen molar-refractivity contribution in [3.05, 3.63) is 5.69 Å². The number of unbranched alkanes of at least 4 members (excludes halogenated alkanes) is 2. The van der Waals surface area contributed by atoms with Crippen molar-refractivity contribution >= 4 is 17.9 Å². The zero-order chi connectivity index (χ0) is 10.4. The van der Waals surface area contributed by atoms with Gasteiger partial charge in [-0.1, -0.05) is 19.8 Å². The molecule has 0 atom stereocenters. The molecular weight excluding hydrogens is 180 g/mol. The van der Waals surface area contributed by atoms with Crippen molar-refractivity contribution in [1.82, 2.24) is 10.2 Å². The number of anilines is 2. The van der Waals surface area contributed by atoms with Crippen LogP contribution in [0, 0.1) is 0 Å². The smallest absolute Gasteiger partial charge is 0.211 e. The number of rotatable bonds is 6. The largest absolute Gasteiger partial charge is 0.382 e. The number of hydrogen-bond acceptors (Lipinski definition) is 3. The van der Waals surface area contributed by atoms with Gasteiger partial charge in [-0.25, -0.2) is 0 Å². The maximum atomic E-state index is 10.3. The lowest BCUT2D eigenvalue weighted by atomic mass is 10.1. The average Bonchev–Trinajstić information content (AvgIpc) is 2.51. The fourth-order valence-electron chi connectivity index (χ4n) is 1.34. The molecule has 1 aromatic rings. The normalized spacial score (nSPS) is 10.1. The van der Waals surface area contributed by atoms with Crippen LogP contribution in [0.4, 0.5) is 11.5 Å². The molecule has 1 heterocycles. The molecule has 5 heteroatoms. The Morgan fingerprint density at radius 3 is 3.00 bits per heavy atom. The van der Waals surface area contributed by atoms with Crippen LogP contribution >= 0.6 is 0 Å². The third-order valence-corrected chi connectivity index (χ3v) is 2.09. The number of nitrogens with two attached hydrogens (primary N) is 1. The zero-order valence-electron chi connectivity index (χ0n) is 8.34. The predicted molar refractivity (Wildman–Crippen MR) is 55.9 cm³/mol. The first-order valence-electron chi connectivity index (χ1n) is 4.82. The summed E-state index contributed by atoms with van der Waals surface area (Å²) in [6.45, 7) is 2.14. The van der Waals surface area contributed by atoms with E-state index in [1.54, 1.807) is 0 Å². The number of amides is 1. The molecule has 1 aromatic heterocycles. The Labute approximate surface area is 83.1 Å². The van der Waals surface area contributed by atoms with Crippen LogP contribution in [-0.4, -0.2) is 16.6 Å². The summed E-state index contributed by atoms with van der Waals surface area (Å²) in [7, 11) is 0. The standard InChI is InChI=1S/C9H16N4O/c1-2-3-4-5-7-8(11-6-14)9(10)13-12-7/h6H,2-5H2,1H3,(H,11,14)(H3,10,12,13). The van der Waals surface area contributed by atoms with Crippen molar-refractivity contribution in [3.63, 3.8) is 0 Å². The minimum atomic E-state index is 0.420. The Morgan fingerprint density at radius 2 is 2.36 bits per heavy atom. The molecule has 5 nitrogen and oxygen atoms in total. The van der Waals surface area contributed by atoms with Gasteiger partial charge in [0.15, 0.2) is 0 Å². The monoisotopic (exact) mass is 196 g/mol. The molecule has 0 saturated carbocycles. The molecule has 1 amide bonds. The van der Waals surface area contributed by atoms with E-state index < -0.39 is 0 Å². The number of H-pyrrole nitrogens is 1. The van der Waals surface area contributed by atoms with Crippen molar-refractivity contribution in [3.8, 4) is 0 Å². The number of aryl methyl sites for hydroxylation is 1. The first kappa shape index (κ1) is 10.6. The highest BCUT2D eigenvalue weighted by molar-refractivity contribution is 5.79. The van der Waals surface area contributed by atoms with Crippen LogP contribution in [0.1, 0.15) is 31.9 Å². The Morgan fingerprint density at radius 1 is 1.57 bits per heavy atom. The van der Waals surface area contributed by atoms with Crippen molar-refractivity contribution in [1.29, 1.82) is 0 Å². The van der Waals surface area contributed by atoms with Crippen LogP contribution in [0.15, 0.2) is 0 Å². The van der Waals surface area contributed by atoms with Crippen LogP contribution in [0.3, 0.4) is 0 Å². The van der Waals surface area contributed by atoms with Crippen LogP contribution in [0.2, 0.25) is 0 Å². The van der Waals surface area contributed by atoms with Gasteiger partial charge in [0.1, 0.15) is 11.5 Å².